The molecule has 1 aromatic carbocycles. The quantitative estimate of drug-likeness (QED) is 0.630. The molecule has 0 unspecified atom stereocenters. The number of amides is 4. The summed E-state index contributed by atoms with van der Waals surface area (Å²) < 4.78 is 19.5. The highest BCUT2D eigenvalue weighted by molar-refractivity contribution is 5.91. The number of carbonyl (C=O) groups excluding carboxylic acids is 4. The van der Waals surface area contributed by atoms with E-state index < -0.39 is 36.1 Å². The molecule has 0 saturated carbocycles. The van der Waals surface area contributed by atoms with Crippen molar-refractivity contribution in [3.05, 3.63) is 47.8 Å². The third-order valence-corrected chi connectivity index (χ3v) is 6.02. The second-order valence-electron chi connectivity index (χ2n) is 8.05. The highest BCUT2D eigenvalue weighted by Gasteiger charge is 2.44. The van der Waals surface area contributed by atoms with Crippen LogP contribution in [-0.2, 0) is 32.2 Å². The van der Waals surface area contributed by atoms with E-state index in [2.05, 4.69) is 12.0 Å². The topological polar surface area (TPSA) is 125 Å². The molecule has 170 valence electrons. The van der Waals surface area contributed by atoms with Crippen molar-refractivity contribution in [3.8, 4) is 0 Å². The number of hydrazine groups is 1. The van der Waals surface area contributed by atoms with Crippen molar-refractivity contribution >= 4 is 23.8 Å². The van der Waals surface area contributed by atoms with Gasteiger partial charge in [0.15, 0.2) is 0 Å². The predicted octanol–water partition coefficient (Wildman–Crippen LogP) is 0.0242. The van der Waals surface area contributed by atoms with Crippen molar-refractivity contribution in [2.45, 2.75) is 44.1 Å². The van der Waals surface area contributed by atoms with E-state index in [1.54, 1.807) is 12.1 Å². The number of nitrogens with two attached hydrogens (primary N) is 1. The van der Waals surface area contributed by atoms with E-state index in [1.165, 1.54) is 20.9 Å². The smallest absolute Gasteiger partial charge is 0.410 e. The molecular weight excluding hydrogens is 421 g/mol. The summed E-state index contributed by atoms with van der Waals surface area (Å²) in [6.07, 6.45) is 0.196. The number of likely N-dealkylation sites (tertiary alicyclic amines) is 1. The zero-order valence-corrected chi connectivity index (χ0v) is 17.3. The number of hydrogen-bond donors (Lipinski definition) is 2. The first-order valence-electron chi connectivity index (χ1n) is 10.3. The Kier molecular flexibility index (Phi) is 5.83. The first-order valence-corrected chi connectivity index (χ1v) is 10.3. The predicted molar refractivity (Wildman–Crippen MR) is 109 cm³/mol. The molecule has 3 aliphatic rings. The second kappa shape index (κ2) is 8.58. The molecule has 4 amide bonds. The molecule has 0 bridgehead atoms. The number of ether oxygens (including phenoxy) is 1. The van der Waals surface area contributed by atoms with E-state index in [0.717, 1.165) is 6.08 Å². The van der Waals surface area contributed by atoms with Crippen molar-refractivity contribution in [1.82, 2.24) is 20.2 Å². The molecule has 3 aliphatic heterocycles. The van der Waals surface area contributed by atoms with Crippen molar-refractivity contribution in [2.24, 2.45) is 5.73 Å². The molecule has 32 heavy (non-hydrogen) atoms. The van der Waals surface area contributed by atoms with Gasteiger partial charge in [0.25, 0.3) is 5.91 Å². The van der Waals surface area contributed by atoms with Gasteiger partial charge in [-0.25, -0.2) is 14.6 Å². The summed E-state index contributed by atoms with van der Waals surface area (Å²) >= 11 is 0. The summed E-state index contributed by atoms with van der Waals surface area (Å²) in [5.74, 6) is -1.84. The van der Waals surface area contributed by atoms with Crippen LogP contribution in [0.5, 0.6) is 0 Å². The second-order valence-corrected chi connectivity index (χ2v) is 8.05. The molecule has 4 rings (SSSR count). The minimum atomic E-state index is -0.931. The Bertz CT molecular complexity index is 985. The minimum absolute atomic E-state index is 0.000907. The summed E-state index contributed by atoms with van der Waals surface area (Å²) in [4.78, 5) is 52.0. The highest BCUT2D eigenvalue weighted by atomic mass is 19.1. The zero-order valence-electron chi connectivity index (χ0n) is 17.3. The molecule has 10 nitrogen and oxygen atoms in total. The Hall–Kier alpha value is -3.47. The van der Waals surface area contributed by atoms with Crippen LogP contribution in [-0.4, -0.2) is 69.9 Å². The summed E-state index contributed by atoms with van der Waals surface area (Å²) in [5.41, 5.74) is 9.47. The van der Waals surface area contributed by atoms with Crippen LogP contribution >= 0.6 is 0 Å². The lowest BCUT2D eigenvalue weighted by Crippen LogP contribution is -2.52. The molecule has 2 fully saturated rings. The number of carbonyl (C=O) groups is 4. The van der Waals surface area contributed by atoms with E-state index in [9.17, 15) is 23.6 Å². The van der Waals surface area contributed by atoms with Crippen molar-refractivity contribution < 1.29 is 28.3 Å². The summed E-state index contributed by atoms with van der Waals surface area (Å²) in [6.45, 7) is 4.05. The number of hydrogen-bond acceptors (Lipinski definition) is 6. The van der Waals surface area contributed by atoms with Gasteiger partial charge < -0.3 is 15.4 Å². The van der Waals surface area contributed by atoms with Crippen molar-refractivity contribution in [2.75, 3.05) is 13.1 Å². The number of halogens is 1. The van der Waals surface area contributed by atoms with Gasteiger partial charge in [0, 0.05) is 25.1 Å². The summed E-state index contributed by atoms with van der Waals surface area (Å²) in [7, 11) is 0. The first-order chi connectivity index (χ1) is 15.3. The zero-order chi connectivity index (χ0) is 23.0. The van der Waals surface area contributed by atoms with Gasteiger partial charge in [-0.3, -0.25) is 24.3 Å². The number of rotatable bonds is 4. The molecule has 0 spiro atoms. The standard InChI is InChI=1S/C21H24FN5O5/c1-2-18(28)27-7-6-16(24-27)20(30)26-10-13(8-17(26)19(23)29)32-21(31)25-9-12-4-3-5-15(22)14(12)11-25/h2-5,13,16-17,24H,1,6-11H2,(H2,23,29)/t13-,16+,17+/m1/s1. The van der Waals surface area contributed by atoms with Crippen LogP contribution in [0.15, 0.2) is 30.9 Å². The number of fused-ring (bicyclic) bond motifs is 1. The van der Waals surface area contributed by atoms with Crippen LogP contribution in [0.4, 0.5) is 9.18 Å². The molecule has 1 aromatic rings. The number of nitrogens with zero attached hydrogens (tertiary/aromatic N) is 3. The Labute approximate surface area is 183 Å². The fourth-order valence-electron chi connectivity index (χ4n) is 4.36. The van der Waals surface area contributed by atoms with Crippen molar-refractivity contribution in [1.29, 1.82) is 0 Å². The lowest BCUT2D eigenvalue weighted by Gasteiger charge is -2.25. The van der Waals surface area contributed by atoms with Gasteiger partial charge in [0.05, 0.1) is 13.1 Å². The van der Waals surface area contributed by atoms with E-state index >= 15 is 0 Å². The largest absolute Gasteiger partial charge is 0.444 e. The Morgan fingerprint density at radius 2 is 2.03 bits per heavy atom. The molecule has 2 saturated heterocycles. The molecule has 3 atom stereocenters. The molecule has 3 N–H and O–H groups in total. The molecule has 0 aromatic heterocycles. The Morgan fingerprint density at radius 3 is 2.72 bits per heavy atom. The van der Waals surface area contributed by atoms with E-state index in [-0.39, 0.29) is 37.8 Å². The van der Waals surface area contributed by atoms with Gasteiger partial charge in [0.1, 0.15) is 24.0 Å². The maximum Gasteiger partial charge on any atom is 0.410 e. The monoisotopic (exact) mass is 445 g/mol. The molecule has 11 heteroatoms. The molecule has 3 heterocycles. The van der Waals surface area contributed by atoms with Gasteiger partial charge in [-0.05, 0) is 24.1 Å². The highest BCUT2D eigenvalue weighted by Crippen LogP contribution is 2.28. The first kappa shape index (κ1) is 21.8. The van der Waals surface area contributed by atoms with E-state index in [1.807, 2.05) is 0 Å². The number of primary amides is 1. The molecule has 0 aliphatic carbocycles. The van der Waals surface area contributed by atoms with Gasteiger partial charge >= 0.3 is 6.09 Å². The van der Waals surface area contributed by atoms with Crippen LogP contribution in [0.25, 0.3) is 0 Å². The summed E-state index contributed by atoms with van der Waals surface area (Å²) in [5, 5.41) is 1.28. The van der Waals surface area contributed by atoms with Crippen LogP contribution in [0.3, 0.4) is 0 Å². The average molecular weight is 445 g/mol. The fraction of sp³-hybridized carbons (Fsp3) is 0.429. The van der Waals surface area contributed by atoms with Gasteiger partial charge in [-0.15, -0.1) is 0 Å². The number of benzene rings is 1. The third-order valence-electron chi connectivity index (χ3n) is 6.02. The van der Waals surface area contributed by atoms with Crippen LogP contribution in [0, 0.1) is 5.82 Å². The average Bonchev–Trinajstić information content (AvgIpc) is 3.50. The minimum Gasteiger partial charge on any atom is -0.444 e. The maximum atomic E-state index is 14.0. The van der Waals surface area contributed by atoms with Crippen molar-refractivity contribution in [3.63, 3.8) is 0 Å². The van der Waals surface area contributed by atoms with Gasteiger partial charge in [0.2, 0.25) is 11.8 Å². The Morgan fingerprint density at radius 1 is 1.25 bits per heavy atom. The van der Waals surface area contributed by atoms with Gasteiger partial charge in [-0.1, -0.05) is 18.7 Å². The van der Waals surface area contributed by atoms with E-state index in [4.69, 9.17) is 10.5 Å². The van der Waals surface area contributed by atoms with Crippen LogP contribution < -0.4 is 11.2 Å². The van der Waals surface area contributed by atoms with Crippen LogP contribution in [0.1, 0.15) is 24.0 Å². The molecule has 0 radical (unpaired) electrons. The lowest BCUT2D eigenvalue weighted by molar-refractivity contribution is -0.140. The normalized spacial score (nSPS) is 24.4. The lowest BCUT2D eigenvalue weighted by atomic mass is 10.1. The SMILES string of the molecule is C=CC(=O)N1CC[C@@H](C(=O)N2C[C@H](OC(=O)N3Cc4cccc(F)c4C3)C[C@H]2C(N)=O)N1. The number of nitrogens with one attached hydrogen (secondary N) is 1. The van der Waals surface area contributed by atoms with Crippen LogP contribution in [0.2, 0.25) is 0 Å². The van der Waals surface area contributed by atoms with E-state index in [0.29, 0.717) is 24.1 Å². The molecular formula is C21H24FN5O5. The Balaban J connectivity index is 1.38. The maximum absolute atomic E-state index is 14.0. The fourth-order valence-corrected chi connectivity index (χ4v) is 4.36. The summed E-state index contributed by atoms with van der Waals surface area (Å²) in [6, 6.07) is 3.04. The third kappa shape index (κ3) is 4.03. The van der Waals surface area contributed by atoms with Gasteiger partial charge in [-0.2, -0.15) is 0 Å².